The fourth-order valence-corrected chi connectivity index (χ4v) is 2.90. The molecule has 1 aromatic heterocycles. The number of nitrogens with one attached hydrogen (secondary N) is 1. The molecule has 1 aliphatic rings. The van der Waals surface area contributed by atoms with Crippen LogP contribution in [-0.4, -0.2) is 37.0 Å². The highest BCUT2D eigenvalue weighted by Crippen LogP contribution is 2.19. The largest absolute Gasteiger partial charge is 0.493 e. The molecule has 0 atom stereocenters. The van der Waals surface area contributed by atoms with E-state index in [-0.39, 0.29) is 5.91 Å². The number of carbonyl (C=O) groups excluding carboxylic acids is 1. The molecule has 0 radical (unpaired) electrons. The number of hydrogen-bond donors (Lipinski definition) is 1. The Bertz CT molecular complexity index is 605. The Morgan fingerprint density at radius 3 is 2.67 bits per heavy atom. The first kappa shape index (κ1) is 16.6. The van der Waals surface area contributed by atoms with Crippen LogP contribution in [0.3, 0.4) is 0 Å². The van der Waals surface area contributed by atoms with Crippen LogP contribution in [0.5, 0.6) is 5.75 Å². The van der Waals surface area contributed by atoms with Crippen molar-refractivity contribution in [3.63, 3.8) is 0 Å². The van der Waals surface area contributed by atoms with Crippen LogP contribution in [0.25, 0.3) is 0 Å². The summed E-state index contributed by atoms with van der Waals surface area (Å²) in [5, 5.41) is 2.89. The predicted octanol–water partition coefficient (Wildman–Crippen LogP) is 2.69. The summed E-state index contributed by atoms with van der Waals surface area (Å²) in [5.41, 5.74) is 0. The van der Waals surface area contributed by atoms with Crippen molar-refractivity contribution in [1.82, 2.24) is 10.2 Å². The van der Waals surface area contributed by atoms with Gasteiger partial charge in [-0.25, -0.2) is 0 Å². The second kappa shape index (κ2) is 8.55. The van der Waals surface area contributed by atoms with E-state index in [0.29, 0.717) is 19.0 Å². The maximum Gasteiger partial charge on any atom is 0.234 e. The van der Waals surface area contributed by atoms with Crippen LogP contribution in [0.1, 0.15) is 18.6 Å². The van der Waals surface area contributed by atoms with Gasteiger partial charge in [0.25, 0.3) is 0 Å². The van der Waals surface area contributed by atoms with Gasteiger partial charge < -0.3 is 14.5 Å². The SMILES string of the molecule is O=C(CN1CCC(COc2ccccc2)CC1)NCc1ccco1. The molecular formula is C19H24N2O3. The lowest BCUT2D eigenvalue weighted by molar-refractivity contribution is -0.122. The van der Waals surface area contributed by atoms with E-state index < -0.39 is 0 Å². The fraction of sp³-hybridized carbons (Fsp3) is 0.421. The molecular weight excluding hydrogens is 304 g/mol. The molecule has 24 heavy (non-hydrogen) atoms. The van der Waals surface area contributed by atoms with Crippen molar-refractivity contribution in [1.29, 1.82) is 0 Å². The third kappa shape index (κ3) is 5.13. The van der Waals surface area contributed by atoms with E-state index in [1.807, 2.05) is 42.5 Å². The van der Waals surface area contributed by atoms with E-state index in [1.165, 1.54) is 0 Å². The number of carbonyl (C=O) groups is 1. The van der Waals surface area contributed by atoms with Gasteiger partial charge in [0.2, 0.25) is 5.91 Å². The number of likely N-dealkylation sites (tertiary alicyclic amines) is 1. The highest BCUT2D eigenvalue weighted by atomic mass is 16.5. The molecule has 0 aliphatic carbocycles. The van der Waals surface area contributed by atoms with E-state index >= 15 is 0 Å². The van der Waals surface area contributed by atoms with Gasteiger partial charge in [-0.05, 0) is 56.1 Å². The van der Waals surface area contributed by atoms with E-state index in [2.05, 4.69) is 10.2 Å². The smallest absolute Gasteiger partial charge is 0.234 e. The molecule has 1 aliphatic heterocycles. The zero-order valence-corrected chi connectivity index (χ0v) is 13.8. The molecule has 1 aromatic carbocycles. The summed E-state index contributed by atoms with van der Waals surface area (Å²) in [6.45, 7) is 3.54. The quantitative estimate of drug-likeness (QED) is 0.849. The highest BCUT2D eigenvalue weighted by Gasteiger charge is 2.21. The maximum atomic E-state index is 12.0. The van der Waals surface area contributed by atoms with Gasteiger partial charge in [-0.1, -0.05) is 18.2 Å². The summed E-state index contributed by atoms with van der Waals surface area (Å²) < 4.78 is 11.0. The van der Waals surface area contributed by atoms with Crippen LogP contribution in [0.2, 0.25) is 0 Å². The molecule has 0 saturated carbocycles. The van der Waals surface area contributed by atoms with Crippen molar-refractivity contribution >= 4 is 5.91 Å². The van der Waals surface area contributed by atoms with Gasteiger partial charge >= 0.3 is 0 Å². The molecule has 1 fully saturated rings. The average molecular weight is 328 g/mol. The lowest BCUT2D eigenvalue weighted by Crippen LogP contribution is -2.42. The zero-order chi connectivity index (χ0) is 16.6. The van der Waals surface area contributed by atoms with Crippen LogP contribution in [0, 0.1) is 5.92 Å². The summed E-state index contributed by atoms with van der Waals surface area (Å²) in [6, 6.07) is 13.6. The number of piperidine rings is 1. The fourth-order valence-electron chi connectivity index (χ4n) is 2.90. The van der Waals surface area contributed by atoms with Gasteiger partial charge in [0, 0.05) is 0 Å². The average Bonchev–Trinajstić information content (AvgIpc) is 3.14. The standard InChI is InChI=1S/C19H24N2O3/c22-19(20-13-18-7-4-12-23-18)14-21-10-8-16(9-11-21)15-24-17-5-2-1-3-6-17/h1-7,12,16H,8-11,13-15H2,(H,20,22). The first-order chi connectivity index (χ1) is 11.8. The van der Waals surface area contributed by atoms with Crippen molar-refractivity contribution < 1.29 is 13.9 Å². The van der Waals surface area contributed by atoms with Gasteiger partial charge in [-0.3, -0.25) is 9.69 Å². The number of amides is 1. The maximum absolute atomic E-state index is 12.0. The van der Waals surface area contributed by atoms with Crippen molar-refractivity contribution in [2.75, 3.05) is 26.2 Å². The third-order valence-corrected chi connectivity index (χ3v) is 4.34. The molecule has 2 aromatic rings. The van der Waals surface area contributed by atoms with Crippen molar-refractivity contribution in [3.05, 3.63) is 54.5 Å². The predicted molar refractivity (Wildman–Crippen MR) is 91.7 cm³/mol. The van der Waals surface area contributed by atoms with Gasteiger partial charge in [-0.15, -0.1) is 0 Å². The molecule has 128 valence electrons. The monoisotopic (exact) mass is 328 g/mol. The van der Waals surface area contributed by atoms with Crippen LogP contribution >= 0.6 is 0 Å². The minimum absolute atomic E-state index is 0.0467. The van der Waals surface area contributed by atoms with Gasteiger partial charge in [0.15, 0.2) is 0 Å². The summed E-state index contributed by atoms with van der Waals surface area (Å²) in [6.07, 6.45) is 3.75. The summed E-state index contributed by atoms with van der Waals surface area (Å²) in [7, 11) is 0. The molecule has 1 amide bonds. The Morgan fingerprint density at radius 1 is 1.17 bits per heavy atom. The number of ether oxygens (including phenoxy) is 1. The first-order valence-electron chi connectivity index (χ1n) is 8.49. The van der Waals surface area contributed by atoms with Gasteiger partial charge in [-0.2, -0.15) is 0 Å². The minimum atomic E-state index is 0.0467. The van der Waals surface area contributed by atoms with E-state index in [1.54, 1.807) is 6.26 Å². The third-order valence-electron chi connectivity index (χ3n) is 4.34. The minimum Gasteiger partial charge on any atom is -0.493 e. The number of hydrogen-bond acceptors (Lipinski definition) is 4. The Balaban J connectivity index is 1.32. The van der Waals surface area contributed by atoms with Crippen LogP contribution in [0.15, 0.2) is 53.1 Å². The zero-order valence-electron chi connectivity index (χ0n) is 13.8. The first-order valence-corrected chi connectivity index (χ1v) is 8.49. The molecule has 5 heteroatoms. The molecule has 2 heterocycles. The van der Waals surface area contributed by atoms with Crippen LogP contribution in [0.4, 0.5) is 0 Å². The van der Waals surface area contributed by atoms with E-state index in [0.717, 1.165) is 44.0 Å². The van der Waals surface area contributed by atoms with Crippen molar-refractivity contribution in [2.45, 2.75) is 19.4 Å². The van der Waals surface area contributed by atoms with Gasteiger partial charge in [0.1, 0.15) is 11.5 Å². The van der Waals surface area contributed by atoms with Gasteiger partial charge in [0.05, 0.1) is 26.0 Å². The molecule has 0 spiro atoms. The van der Waals surface area contributed by atoms with Crippen molar-refractivity contribution in [3.8, 4) is 5.75 Å². The Hall–Kier alpha value is -2.27. The normalized spacial score (nSPS) is 16.0. The Morgan fingerprint density at radius 2 is 1.96 bits per heavy atom. The van der Waals surface area contributed by atoms with E-state index in [4.69, 9.17) is 9.15 Å². The topological polar surface area (TPSA) is 54.7 Å². The number of para-hydroxylation sites is 1. The second-order valence-corrected chi connectivity index (χ2v) is 6.20. The molecule has 0 bridgehead atoms. The van der Waals surface area contributed by atoms with Crippen LogP contribution < -0.4 is 10.1 Å². The van der Waals surface area contributed by atoms with Crippen LogP contribution in [-0.2, 0) is 11.3 Å². The number of rotatable bonds is 7. The Kier molecular flexibility index (Phi) is 5.90. The second-order valence-electron chi connectivity index (χ2n) is 6.20. The van der Waals surface area contributed by atoms with E-state index in [9.17, 15) is 4.79 Å². The van der Waals surface area contributed by atoms with Crippen molar-refractivity contribution in [2.24, 2.45) is 5.92 Å². The number of furan rings is 1. The molecule has 5 nitrogen and oxygen atoms in total. The summed E-state index contributed by atoms with van der Waals surface area (Å²) in [5.74, 6) is 2.32. The highest BCUT2D eigenvalue weighted by molar-refractivity contribution is 5.77. The Labute approximate surface area is 142 Å². The number of benzene rings is 1. The summed E-state index contributed by atoms with van der Waals surface area (Å²) >= 11 is 0. The molecule has 1 N–H and O–H groups in total. The molecule has 0 unspecified atom stereocenters. The lowest BCUT2D eigenvalue weighted by Gasteiger charge is -2.31. The number of nitrogens with zero attached hydrogens (tertiary/aromatic N) is 1. The molecule has 1 saturated heterocycles. The summed E-state index contributed by atoms with van der Waals surface area (Å²) in [4.78, 5) is 14.2. The lowest BCUT2D eigenvalue weighted by atomic mass is 9.98. The molecule has 3 rings (SSSR count).